The molecule has 0 aromatic heterocycles. The van der Waals surface area contributed by atoms with Crippen molar-refractivity contribution in [2.45, 2.75) is 122 Å². The van der Waals surface area contributed by atoms with E-state index in [2.05, 4.69) is 0 Å². The molecule has 0 heterocycles. The molecule has 0 amide bonds. The quantitative estimate of drug-likeness (QED) is 0.192. The minimum absolute atomic E-state index is 0.169. The van der Waals surface area contributed by atoms with Gasteiger partial charge in [-0.25, -0.2) is 0 Å². The molecule has 0 aromatic rings. The summed E-state index contributed by atoms with van der Waals surface area (Å²) < 4.78 is 4.92. The van der Waals surface area contributed by atoms with Gasteiger partial charge in [0, 0.05) is 13.3 Å². The number of hydrogen-bond donors (Lipinski definition) is 1. The Balaban J connectivity index is 3.01. The molecule has 0 saturated carbocycles. The van der Waals surface area contributed by atoms with E-state index in [0.29, 0.717) is 13.0 Å². The Kier molecular flexibility index (Phi) is 19.4. The van der Waals surface area contributed by atoms with E-state index in [9.17, 15) is 9.59 Å². The predicted molar refractivity (Wildman–Crippen MR) is 107 cm³/mol. The summed E-state index contributed by atoms with van der Waals surface area (Å²) in [5.41, 5.74) is 0. The summed E-state index contributed by atoms with van der Waals surface area (Å²) >= 11 is 0. The number of aliphatic carboxylic acids is 1. The second-order valence-corrected chi connectivity index (χ2v) is 7.49. The molecule has 0 rings (SSSR count). The van der Waals surface area contributed by atoms with Crippen LogP contribution in [0.5, 0.6) is 0 Å². The number of rotatable bonds is 20. The molecule has 0 bridgehead atoms. The van der Waals surface area contributed by atoms with Gasteiger partial charge in [-0.05, 0) is 12.8 Å². The van der Waals surface area contributed by atoms with Crippen molar-refractivity contribution in [3.63, 3.8) is 0 Å². The fourth-order valence-corrected chi connectivity index (χ4v) is 3.25. The SMILES string of the molecule is CC(=O)OCCCCCCCCCCCCCCCCCCCC(=O)O. The molecule has 0 spiro atoms. The Morgan fingerprint density at radius 2 is 0.885 bits per heavy atom. The molecule has 154 valence electrons. The molecular weight excluding hydrogens is 328 g/mol. The monoisotopic (exact) mass is 370 g/mol. The van der Waals surface area contributed by atoms with Gasteiger partial charge in [0.25, 0.3) is 0 Å². The van der Waals surface area contributed by atoms with Crippen molar-refractivity contribution in [2.24, 2.45) is 0 Å². The average molecular weight is 371 g/mol. The molecular formula is C22H42O4. The first-order valence-electron chi connectivity index (χ1n) is 11.0. The van der Waals surface area contributed by atoms with Crippen molar-refractivity contribution >= 4 is 11.9 Å². The predicted octanol–water partition coefficient (Wildman–Crippen LogP) is 6.66. The number of carbonyl (C=O) groups excluding carboxylic acids is 1. The van der Waals surface area contributed by atoms with Crippen LogP contribution in [0.15, 0.2) is 0 Å². The standard InChI is InChI=1S/C22H42O4/c1-21(23)26-20-18-16-14-12-10-8-6-4-2-3-5-7-9-11-13-15-17-19-22(24)25/h2-20H2,1H3,(H,24,25). The molecule has 0 fully saturated rings. The van der Waals surface area contributed by atoms with Gasteiger partial charge in [-0.2, -0.15) is 0 Å². The zero-order chi connectivity index (χ0) is 19.3. The minimum atomic E-state index is -0.666. The van der Waals surface area contributed by atoms with Gasteiger partial charge in [0.15, 0.2) is 0 Å². The summed E-state index contributed by atoms with van der Waals surface area (Å²) in [5, 5.41) is 8.56. The summed E-state index contributed by atoms with van der Waals surface area (Å²) in [6.45, 7) is 2.05. The van der Waals surface area contributed by atoms with Crippen molar-refractivity contribution < 1.29 is 19.4 Å². The highest BCUT2D eigenvalue weighted by atomic mass is 16.5. The second kappa shape index (κ2) is 20.3. The van der Waals surface area contributed by atoms with E-state index < -0.39 is 5.97 Å². The Labute approximate surface area is 161 Å². The van der Waals surface area contributed by atoms with Crippen LogP contribution in [0.25, 0.3) is 0 Å². The first-order valence-corrected chi connectivity index (χ1v) is 11.0. The molecule has 1 N–H and O–H groups in total. The van der Waals surface area contributed by atoms with Gasteiger partial charge >= 0.3 is 11.9 Å². The molecule has 0 aliphatic rings. The Hall–Kier alpha value is -1.06. The summed E-state index contributed by atoms with van der Waals surface area (Å²) in [6, 6.07) is 0. The van der Waals surface area contributed by atoms with E-state index in [4.69, 9.17) is 9.84 Å². The Morgan fingerprint density at radius 1 is 0.577 bits per heavy atom. The topological polar surface area (TPSA) is 63.6 Å². The maximum atomic E-state index is 10.6. The van der Waals surface area contributed by atoms with Gasteiger partial charge in [0.1, 0.15) is 0 Å². The summed E-state index contributed by atoms with van der Waals surface area (Å²) in [6.07, 6.45) is 21.6. The molecule has 0 saturated heterocycles. The van der Waals surface area contributed by atoms with Crippen LogP contribution in [0.2, 0.25) is 0 Å². The molecule has 0 unspecified atom stereocenters. The Morgan fingerprint density at radius 3 is 1.19 bits per heavy atom. The maximum absolute atomic E-state index is 10.6. The van der Waals surface area contributed by atoms with E-state index in [1.807, 2.05) is 0 Å². The smallest absolute Gasteiger partial charge is 0.303 e. The lowest BCUT2D eigenvalue weighted by Crippen LogP contribution is -2.00. The van der Waals surface area contributed by atoms with Gasteiger partial charge in [-0.1, -0.05) is 96.3 Å². The largest absolute Gasteiger partial charge is 0.481 e. The lowest BCUT2D eigenvalue weighted by Gasteiger charge is -2.04. The van der Waals surface area contributed by atoms with Gasteiger partial charge in [-0.15, -0.1) is 0 Å². The number of carboxylic acid groups (broad SMARTS) is 1. The highest BCUT2D eigenvalue weighted by Crippen LogP contribution is 2.14. The van der Waals surface area contributed by atoms with Crippen LogP contribution in [0.3, 0.4) is 0 Å². The summed E-state index contributed by atoms with van der Waals surface area (Å²) in [7, 11) is 0. The van der Waals surface area contributed by atoms with Gasteiger partial charge < -0.3 is 9.84 Å². The molecule has 4 nitrogen and oxygen atoms in total. The van der Waals surface area contributed by atoms with Crippen LogP contribution < -0.4 is 0 Å². The van der Waals surface area contributed by atoms with Crippen LogP contribution in [0.4, 0.5) is 0 Å². The van der Waals surface area contributed by atoms with Crippen molar-refractivity contribution in [2.75, 3.05) is 6.61 Å². The molecule has 0 radical (unpaired) electrons. The van der Waals surface area contributed by atoms with Gasteiger partial charge in [-0.3, -0.25) is 9.59 Å². The molecule has 26 heavy (non-hydrogen) atoms. The third-order valence-corrected chi connectivity index (χ3v) is 4.84. The third kappa shape index (κ3) is 22.9. The fourth-order valence-electron chi connectivity index (χ4n) is 3.25. The van der Waals surface area contributed by atoms with Crippen molar-refractivity contribution in [1.82, 2.24) is 0 Å². The van der Waals surface area contributed by atoms with Crippen LogP contribution in [-0.4, -0.2) is 23.7 Å². The van der Waals surface area contributed by atoms with Crippen LogP contribution in [0.1, 0.15) is 122 Å². The van der Waals surface area contributed by atoms with Crippen LogP contribution >= 0.6 is 0 Å². The highest BCUT2D eigenvalue weighted by Gasteiger charge is 1.97. The first-order chi connectivity index (χ1) is 12.6. The highest BCUT2D eigenvalue weighted by molar-refractivity contribution is 5.66. The number of carboxylic acids is 1. The summed E-state index contributed by atoms with van der Waals surface area (Å²) in [4.78, 5) is 21.0. The van der Waals surface area contributed by atoms with E-state index in [-0.39, 0.29) is 5.97 Å². The fraction of sp³-hybridized carbons (Fsp3) is 0.909. The number of ether oxygens (including phenoxy) is 1. The Bertz CT molecular complexity index is 296. The second-order valence-electron chi connectivity index (χ2n) is 7.49. The van der Waals surface area contributed by atoms with Crippen molar-refractivity contribution in [1.29, 1.82) is 0 Å². The first kappa shape index (κ1) is 24.9. The number of hydrogen-bond acceptors (Lipinski definition) is 3. The van der Waals surface area contributed by atoms with Gasteiger partial charge in [0.2, 0.25) is 0 Å². The lowest BCUT2D eigenvalue weighted by molar-refractivity contribution is -0.141. The third-order valence-electron chi connectivity index (χ3n) is 4.84. The normalized spacial score (nSPS) is 10.8. The van der Waals surface area contributed by atoms with E-state index in [1.165, 1.54) is 96.8 Å². The number of esters is 1. The maximum Gasteiger partial charge on any atom is 0.303 e. The molecule has 4 heteroatoms. The lowest BCUT2D eigenvalue weighted by atomic mass is 10.0. The molecule has 0 aliphatic carbocycles. The van der Waals surface area contributed by atoms with E-state index in [0.717, 1.165) is 19.3 Å². The van der Waals surface area contributed by atoms with Crippen LogP contribution in [-0.2, 0) is 14.3 Å². The molecule has 0 aromatic carbocycles. The van der Waals surface area contributed by atoms with E-state index >= 15 is 0 Å². The number of carbonyl (C=O) groups is 2. The zero-order valence-electron chi connectivity index (χ0n) is 17.1. The number of unbranched alkanes of at least 4 members (excludes halogenated alkanes) is 16. The zero-order valence-corrected chi connectivity index (χ0v) is 17.1. The average Bonchev–Trinajstić information content (AvgIpc) is 2.59. The minimum Gasteiger partial charge on any atom is -0.481 e. The van der Waals surface area contributed by atoms with Crippen molar-refractivity contribution in [3.05, 3.63) is 0 Å². The molecule has 0 aliphatic heterocycles. The van der Waals surface area contributed by atoms with Crippen molar-refractivity contribution in [3.8, 4) is 0 Å². The van der Waals surface area contributed by atoms with E-state index in [1.54, 1.807) is 0 Å². The molecule has 0 atom stereocenters. The van der Waals surface area contributed by atoms with Crippen LogP contribution in [0, 0.1) is 0 Å². The summed E-state index contributed by atoms with van der Waals surface area (Å²) in [5.74, 6) is -0.834. The van der Waals surface area contributed by atoms with Gasteiger partial charge in [0.05, 0.1) is 6.61 Å².